The Hall–Kier alpha value is 0.00195. The van der Waals surface area contributed by atoms with E-state index in [0.717, 1.165) is 5.56 Å². The molecule has 1 aromatic heterocycles. The van der Waals surface area contributed by atoms with Crippen molar-refractivity contribution in [2.75, 3.05) is 0 Å². The normalized spacial score (nSPS) is 9.33. The van der Waals surface area contributed by atoms with Crippen LogP contribution in [-0.4, -0.2) is 11.1 Å². The van der Waals surface area contributed by atoms with Gasteiger partial charge < -0.3 is 18.6 Å². The molecule has 0 aliphatic heterocycles. The van der Waals surface area contributed by atoms with Crippen molar-refractivity contribution in [2.24, 2.45) is 0 Å². The second-order valence-electron chi connectivity index (χ2n) is 2.41. The Morgan fingerprint density at radius 3 is 2.50 bits per heavy atom. The summed E-state index contributed by atoms with van der Waals surface area (Å²) in [5.41, 5.74) is 1.11. The summed E-state index contributed by atoms with van der Waals surface area (Å²) in [4.78, 5) is 4.02. The van der Waals surface area contributed by atoms with Gasteiger partial charge in [0.15, 0.2) is 0 Å². The Morgan fingerprint density at radius 1 is 1.42 bits per heavy atom. The molecule has 0 aliphatic carbocycles. The zero-order chi connectivity index (χ0) is 8.27. The molecular formula is C9H11NOU. The summed E-state index contributed by atoms with van der Waals surface area (Å²) < 4.78 is 5.14. The quantitative estimate of drug-likeness (QED) is 0.723. The Balaban J connectivity index is 0.00000121. The van der Waals surface area contributed by atoms with Crippen molar-refractivity contribution in [3.63, 3.8) is 0 Å². The van der Waals surface area contributed by atoms with Crippen molar-refractivity contribution in [2.45, 2.75) is 13.0 Å². The summed E-state index contributed by atoms with van der Waals surface area (Å²) >= 11 is 0. The predicted octanol–water partition coefficient (Wildman–Crippen LogP) is 1.81. The van der Waals surface area contributed by atoms with E-state index in [2.05, 4.69) is 18.8 Å². The molecule has 2 nitrogen and oxygen atoms in total. The predicted molar refractivity (Wildman–Crippen MR) is 44.1 cm³/mol. The van der Waals surface area contributed by atoms with E-state index in [9.17, 15) is 0 Å². The van der Waals surface area contributed by atoms with Gasteiger partial charge in [-0.2, -0.15) is 6.10 Å². The van der Waals surface area contributed by atoms with Crippen molar-refractivity contribution in [3.8, 4) is 5.88 Å². The van der Waals surface area contributed by atoms with E-state index in [1.165, 1.54) is 0 Å². The average Bonchev–Trinajstić information content (AvgIpc) is 1.93. The molecule has 0 unspecified atom stereocenters. The molecule has 1 heterocycles. The number of aromatic nitrogens is 1. The van der Waals surface area contributed by atoms with Crippen LogP contribution in [0.25, 0.3) is 0 Å². The topological polar surface area (TPSA) is 22.1 Å². The smallest absolute Gasteiger partial charge is 0.539 e. The molecule has 0 fully saturated rings. The van der Waals surface area contributed by atoms with E-state index in [1.807, 2.05) is 13.0 Å². The maximum absolute atomic E-state index is 5.14. The van der Waals surface area contributed by atoms with E-state index in [0.29, 0.717) is 5.88 Å². The van der Waals surface area contributed by atoms with Gasteiger partial charge in [0.1, 0.15) is 0 Å². The number of ether oxygens (including phenoxy) is 1. The van der Waals surface area contributed by atoms with Crippen LogP contribution in [0.2, 0.25) is 0 Å². The van der Waals surface area contributed by atoms with E-state index in [4.69, 9.17) is 4.74 Å². The molecular weight excluding hydrogens is 376 g/mol. The van der Waals surface area contributed by atoms with Crippen LogP contribution >= 0.6 is 0 Å². The van der Waals surface area contributed by atoms with Crippen molar-refractivity contribution >= 4 is 0 Å². The van der Waals surface area contributed by atoms with Gasteiger partial charge in [-0.3, -0.25) is 0 Å². The minimum absolute atomic E-state index is 0. The molecule has 0 saturated carbocycles. The molecule has 62 valence electrons. The van der Waals surface area contributed by atoms with Gasteiger partial charge in [0, 0.05) is 12.3 Å². The summed E-state index contributed by atoms with van der Waals surface area (Å²) in [6.45, 7) is 9.14. The van der Waals surface area contributed by atoms with Gasteiger partial charge in [0.2, 0.25) is 5.88 Å². The maximum Gasteiger partial charge on any atom is 2.00 e. The van der Waals surface area contributed by atoms with Crippen LogP contribution in [-0.2, 0) is 0 Å². The SMILES string of the molecule is [CH2-]C([CH2-])Oc1ccc(C)cn1.[U+2]. The minimum atomic E-state index is -0.301. The average molecular weight is 387 g/mol. The number of hydrogen-bond acceptors (Lipinski definition) is 2. The number of pyridine rings is 1. The molecule has 0 radical (unpaired) electrons. The first-order valence-corrected chi connectivity index (χ1v) is 3.44. The molecule has 12 heavy (non-hydrogen) atoms. The second kappa shape index (κ2) is 5.61. The van der Waals surface area contributed by atoms with Gasteiger partial charge in [0.05, 0.1) is 0 Å². The van der Waals surface area contributed by atoms with Crippen molar-refractivity contribution in [3.05, 3.63) is 37.7 Å². The Kier molecular flexibility index (Phi) is 5.61. The van der Waals surface area contributed by atoms with Crippen LogP contribution in [0.15, 0.2) is 18.3 Å². The zero-order valence-corrected chi connectivity index (χ0v) is 11.2. The molecule has 0 N–H and O–H groups in total. The van der Waals surface area contributed by atoms with Crippen LogP contribution in [0, 0.1) is 51.9 Å². The van der Waals surface area contributed by atoms with Crippen molar-refractivity contribution < 1.29 is 35.9 Å². The van der Waals surface area contributed by atoms with Gasteiger partial charge >= 0.3 is 31.1 Å². The monoisotopic (exact) mass is 387 g/mol. The van der Waals surface area contributed by atoms with E-state index >= 15 is 0 Å². The van der Waals surface area contributed by atoms with Crippen LogP contribution in [0.5, 0.6) is 5.88 Å². The largest absolute Gasteiger partial charge is 2.00 e. The molecule has 0 aromatic carbocycles. The Morgan fingerprint density at radius 2 is 2.08 bits per heavy atom. The molecule has 0 spiro atoms. The molecule has 1 aromatic rings. The van der Waals surface area contributed by atoms with E-state index in [1.54, 1.807) is 12.3 Å². The fourth-order valence-electron chi connectivity index (χ4n) is 0.695. The summed E-state index contributed by atoms with van der Waals surface area (Å²) in [5.74, 6) is 0.575. The van der Waals surface area contributed by atoms with Crippen molar-refractivity contribution in [1.82, 2.24) is 4.98 Å². The zero-order valence-electron chi connectivity index (χ0n) is 7.08. The summed E-state index contributed by atoms with van der Waals surface area (Å²) in [6, 6.07) is 3.74. The Bertz CT molecular complexity index is 220. The maximum atomic E-state index is 5.14. The third-order valence-corrected chi connectivity index (χ3v) is 1.17. The molecule has 3 heteroatoms. The van der Waals surface area contributed by atoms with Crippen LogP contribution in [0.3, 0.4) is 0 Å². The number of nitrogens with zero attached hydrogens (tertiary/aromatic N) is 1. The molecule has 0 saturated heterocycles. The summed E-state index contributed by atoms with van der Waals surface area (Å²) in [5, 5.41) is 0. The Labute approximate surface area is 97.1 Å². The summed E-state index contributed by atoms with van der Waals surface area (Å²) in [6.07, 6.45) is 1.45. The molecule has 0 amide bonds. The molecule has 0 atom stereocenters. The van der Waals surface area contributed by atoms with Crippen LogP contribution < -0.4 is 4.74 Å². The fourth-order valence-corrected chi connectivity index (χ4v) is 0.695. The standard InChI is InChI=1S/C9H11NO.U/c1-7(2)11-9-5-4-8(3)6-10-9;/h4-7H,1-2H2,3H3;/q-2;+2. The van der Waals surface area contributed by atoms with Gasteiger partial charge in [0.25, 0.3) is 0 Å². The first-order chi connectivity index (χ1) is 5.18. The fraction of sp³-hybridized carbons (Fsp3) is 0.222. The first-order valence-electron chi connectivity index (χ1n) is 3.44. The molecule has 0 bridgehead atoms. The van der Waals surface area contributed by atoms with Crippen LogP contribution in [0.4, 0.5) is 0 Å². The molecule has 0 aliphatic rings. The third kappa shape index (κ3) is 4.13. The molecule has 1 rings (SSSR count). The summed E-state index contributed by atoms with van der Waals surface area (Å²) in [7, 11) is 0. The van der Waals surface area contributed by atoms with Gasteiger partial charge in [-0.05, 0) is 12.5 Å². The number of rotatable bonds is 2. The van der Waals surface area contributed by atoms with Gasteiger partial charge in [-0.25, -0.2) is 4.98 Å². The second-order valence-corrected chi connectivity index (χ2v) is 2.41. The van der Waals surface area contributed by atoms with E-state index in [-0.39, 0.29) is 37.2 Å². The number of hydrogen-bond donors (Lipinski definition) is 0. The van der Waals surface area contributed by atoms with Crippen LogP contribution in [0.1, 0.15) is 5.56 Å². The number of aryl methyl sites for hydroxylation is 1. The first kappa shape index (κ1) is 12.0. The van der Waals surface area contributed by atoms with Gasteiger partial charge in [-0.1, -0.05) is 6.07 Å². The van der Waals surface area contributed by atoms with E-state index < -0.39 is 0 Å². The van der Waals surface area contributed by atoms with Gasteiger partial charge in [-0.15, -0.1) is 0 Å². The third-order valence-electron chi connectivity index (χ3n) is 1.17. The van der Waals surface area contributed by atoms with Crippen molar-refractivity contribution in [1.29, 1.82) is 0 Å². The minimum Gasteiger partial charge on any atom is -0.539 e.